The maximum atomic E-state index is 11.0. The van der Waals surface area contributed by atoms with Crippen LogP contribution in [0.25, 0.3) is 0 Å². The van der Waals surface area contributed by atoms with Crippen LogP contribution in [-0.2, 0) is 10.1 Å². The molecule has 0 radical (unpaired) electrons. The Hall–Kier alpha value is -0.870. The predicted molar refractivity (Wildman–Crippen MR) is 59.7 cm³/mol. The molecule has 1 aromatic carbocycles. The lowest BCUT2D eigenvalue weighted by molar-refractivity contribution is 0.482. The molecular weight excluding hydrogens is 212 g/mol. The molecule has 0 saturated carbocycles. The van der Waals surface area contributed by atoms with Crippen LogP contribution in [-0.4, -0.2) is 13.0 Å². The minimum Gasteiger partial charge on any atom is -0.282 e. The first-order chi connectivity index (χ1) is 6.86. The molecule has 1 rings (SSSR count). The van der Waals surface area contributed by atoms with Crippen LogP contribution in [0.2, 0.25) is 0 Å². The first kappa shape index (κ1) is 12.2. The van der Waals surface area contributed by atoms with E-state index in [0.717, 1.165) is 12.0 Å². The molecule has 4 heteroatoms. The molecule has 3 nitrogen and oxygen atoms in total. The van der Waals surface area contributed by atoms with Crippen LogP contribution >= 0.6 is 0 Å². The third-order valence-corrected chi connectivity index (χ3v) is 3.67. The van der Waals surface area contributed by atoms with E-state index in [4.69, 9.17) is 4.55 Å². The molecule has 1 unspecified atom stereocenters. The summed E-state index contributed by atoms with van der Waals surface area (Å²) in [5.74, 6) is 0.402. The van der Waals surface area contributed by atoms with Crippen LogP contribution in [0.5, 0.6) is 0 Å². The summed E-state index contributed by atoms with van der Waals surface area (Å²) < 4.78 is 30.8. The Balaban J connectivity index is 3.21. The zero-order chi connectivity index (χ0) is 11.6. The van der Waals surface area contributed by atoms with Crippen molar-refractivity contribution in [2.45, 2.75) is 38.0 Å². The summed E-state index contributed by atoms with van der Waals surface area (Å²) in [6.07, 6.45) is 1.00. The zero-order valence-corrected chi connectivity index (χ0v) is 10.0. The summed E-state index contributed by atoms with van der Waals surface area (Å²) in [5, 5.41) is 0. The lowest BCUT2D eigenvalue weighted by atomic mass is 9.97. The van der Waals surface area contributed by atoms with E-state index in [1.165, 1.54) is 6.07 Å². The van der Waals surface area contributed by atoms with Crippen molar-refractivity contribution in [3.8, 4) is 0 Å². The molecule has 1 N–H and O–H groups in total. The van der Waals surface area contributed by atoms with E-state index in [1.807, 2.05) is 6.07 Å². The topological polar surface area (TPSA) is 54.4 Å². The lowest BCUT2D eigenvalue weighted by Crippen LogP contribution is -2.02. The fraction of sp³-hybridized carbons (Fsp3) is 0.455. The van der Waals surface area contributed by atoms with Gasteiger partial charge >= 0.3 is 0 Å². The molecular formula is C11H16O3S. The van der Waals surface area contributed by atoms with Crippen LogP contribution < -0.4 is 0 Å². The molecule has 0 amide bonds. The van der Waals surface area contributed by atoms with Crippen LogP contribution in [0, 0.1) is 6.92 Å². The quantitative estimate of drug-likeness (QED) is 0.809. The molecule has 1 aromatic rings. The maximum Gasteiger partial charge on any atom is 0.294 e. The summed E-state index contributed by atoms with van der Waals surface area (Å²) in [5.41, 5.74) is 1.69. The second-order valence-corrected chi connectivity index (χ2v) is 5.20. The van der Waals surface area contributed by atoms with Gasteiger partial charge in [-0.1, -0.05) is 26.0 Å². The number of rotatable bonds is 3. The van der Waals surface area contributed by atoms with Gasteiger partial charge in [0.1, 0.15) is 0 Å². The van der Waals surface area contributed by atoms with E-state index >= 15 is 0 Å². The summed E-state index contributed by atoms with van der Waals surface area (Å²) in [6.45, 7) is 5.85. The Morgan fingerprint density at radius 1 is 1.40 bits per heavy atom. The molecule has 0 fully saturated rings. The van der Waals surface area contributed by atoms with E-state index in [9.17, 15) is 8.42 Å². The second-order valence-electron chi connectivity index (χ2n) is 3.81. The molecule has 0 aromatic heterocycles. The van der Waals surface area contributed by atoms with Gasteiger partial charge in [-0.2, -0.15) is 8.42 Å². The average molecular weight is 228 g/mol. The maximum absolute atomic E-state index is 11.0. The standard InChI is InChI=1S/C11H16O3S/c1-4-8(2)10-5-6-11(9(3)7-10)15(12,13)14/h5-8H,4H2,1-3H3,(H,12,13,14). The van der Waals surface area contributed by atoms with E-state index in [2.05, 4.69) is 13.8 Å². The smallest absolute Gasteiger partial charge is 0.282 e. The fourth-order valence-corrected chi connectivity index (χ4v) is 2.21. The molecule has 0 spiro atoms. The molecule has 0 heterocycles. The monoisotopic (exact) mass is 228 g/mol. The highest BCUT2D eigenvalue weighted by molar-refractivity contribution is 7.85. The van der Waals surface area contributed by atoms with Gasteiger partial charge in [0.05, 0.1) is 4.90 Å². The van der Waals surface area contributed by atoms with Crippen molar-refractivity contribution >= 4 is 10.1 Å². The van der Waals surface area contributed by atoms with Crippen molar-refractivity contribution in [1.29, 1.82) is 0 Å². The van der Waals surface area contributed by atoms with E-state index in [1.54, 1.807) is 13.0 Å². The fourth-order valence-electron chi connectivity index (χ4n) is 1.50. The third kappa shape index (κ3) is 2.79. The van der Waals surface area contributed by atoms with Crippen molar-refractivity contribution in [2.75, 3.05) is 0 Å². The molecule has 0 aliphatic carbocycles. The number of hydrogen-bond donors (Lipinski definition) is 1. The van der Waals surface area contributed by atoms with Gasteiger partial charge in [-0.3, -0.25) is 4.55 Å². The van der Waals surface area contributed by atoms with Gasteiger partial charge in [0.15, 0.2) is 0 Å². The summed E-state index contributed by atoms with van der Waals surface area (Å²) in [6, 6.07) is 5.04. The number of aryl methyl sites for hydroxylation is 1. The van der Waals surface area contributed by atoms with E-state index in [0.29, 0.717) is 11.5 Å². The van der Waals surface area contributed by atoms with Gasteiger partial charge in [-0.15, -0.1) is 0 Å². The number of benzene rings is 1. The Morgan fingerprint density at radius 3 is 2.40 bits per heavy atom. The first-order valence-electron chi connectivity index (χ1n) is 4.94. The Morgan fingerprint density at radius 2 is 2.00 bits per heavy atom. The second kappa shape index (κ2) is 4.33. The molecule has 1 atom stereocenters. The van der Waals surface area contributed by atoms with Crippen LogP contribution in [0.1, 0.15) is 37.3 Å². The first-order valence-corrected chi connectivity index (χ1v) is 6.38. The minimum atomic E-state index is -4.08. The highest BCUT2D eigenvalue weighted by Gasteiger charge is 2.14. The van der Waals surface area contributed by atoms with Gasteiger partial charge in [0.2, 0.25) is 0 Å². The van der Waals surface area contributed by atoms with Crippen molar-refractivity contribution in [1.82, 2.24) is 0 Å². The van der Waals surface area contributed by atoms with Crippen LogP contribution in [0.4, 0.5) is 0 Å². The summed E-state index contributed by atoms with van der Waals surface area (Å²) in [4.78, 5) is -0.00504. The predicted octanol–water partition coefficient (Wildman–Crippen LogP) is 2.76. The van der Waals surface area contributed by atoms with E-state index in [-0.39, 0.29) is 4.90 Å². The zero-order valence-electron chi connectivity index (χ0n) is 9.19. The van der Waals surface area contributed by atoms with Gasteiger partial charge in [0, 0.05) is 0 Å². The molecule has 0 saturated heterocycles. The normalized spacial score (nSPS) is 13.9. The molecule has 0 bridgehead atoms. The summed E-state index contributed by atoms with van der Waals surface area (Å²) >= 11 is 0. The Bertz CT molecular complexity index is 449. The third-order valence-electron chi connectivity index (χ3n) is 2.66. The highest BCUT2D eigenvalue weighted by atomic mass is 32.2. The van der Waals surface area contributed by atoms with Crippen molar-refractivity contribution < 1.29 is 13.0 Å². The van der Waals surface area contributed by atoms with Crippen LogP contribution in [0.3, 0.4) is 0 Å². The molecule has 84 valence electrons. The number of hydrogen-bond acceptors (Lipinski definition) is 2. The SMILES string of the molecule is CCC(C)c1ccc(S(=O)(=O)O)c(C)c1. The van der Waals surface area contributed by atoms with E-state index < -0.39 is 10.1 Å². The van der Waals surface area contributed by atoms with Crippen molar-refractivity contribution in [3.05, 3.63) is 29.3 Å². The Kier molecular flexibility index (Phi) is 3.52. The van der Waals surface area contributed by atoms with Gasteiger partial charge in [0.25, 0.3) is 10.1 Å². The highest BCUT2D eigenvalue weighted by Crippen LogP contribution is 2.23. The average Bonchev–Trinajstić information content (AvgIpc) is 2.14. The van der Waals surface area contributed by atoms with Gasteiger partial charge < -0.3 is 0 Å². The largest absolute Gasteiger partial charge is 0.294 e. The summed E-state index contributed by atoms with van der Waals surface area (Å²) in [7, 11) is -4.08. The van der Waals surface area contributed by atoms with Crippen molar-refractivity contribution in [2.24, 2.45) is 0 Å². The Labute approximate surface area is 90.9 Å². The molecule has 15 heavy (non-hydrogen) atoms. The van der Waals surface area contributed by atoms with Gasteiger partial charge in [-0.05, 0) is 36.5 Å². The molecule has 0 aliphatic rings. The minimum absolute atomic E-state index is 0.00504. The molecule has 0 aliphatic heterocycles. The van der Waals surface area contributed by atoms with Crippen LogP contribution in [0.15, 0.2) is 23.1 Å². The van der Waals surface area contributed by atoms with Gasteiger partial charge in [-0.25, -0.2) is 0 Å². The lowest BCUT2D eigenvalue weighted by Gasteiger charge is -2.11. The van der Waals surface area contributed by atoms with Crippen molar-refractivity contribution in [3.63, 3.8) is 0 Å².